The van der Waals surface area contributed by atoms with Crippen molar-refractivity contribution in [3.63, 3.8) is 0 Å². The molecule has 1 atom stereocenters. The molecule has 0 bridgehead atoms. The standard InChI is InChI=1S/C14H11N3O2/c1-2-10-7-13(18)17(8-10)12-5-3-11(4-6-12)14-16-15-9-19-14/h1,3-6,9-10H,7-8H2. The van der Waals surface area contributed by atoms with Crippen LogP contribution < -0.4 is 4.90 Å². The minimum atomic E-state index is 0.00289. The molecule has 1 saturated heterocycles. The third kappa shape index (κ3) is 2.08. The molecule has 1 amide bonds. The quantitative estimate of drug-likeness (QED) is 0.765. The molecule has 1 aromatic heterocycles. The average Bonchev–Trinajstić information content (AvgIpc) is 3.08. The highest BCUT2D eigenvalue weighted by Gasteiger charge is 2.29. The molecule has 0 radical (unpaired) electrons. The molecule has 5 heteroatoms. The lowest BCUT2D eigenvalue weighted by Gasteiger charge is -2.15. The van der Waals surface area contributed by atoms with Crippen molar-refractivity contribution in [1.29, 1.82) is 0 Å². The van der Waals surface area contributed by atoms with E-state index >= 15 is 0 Å². The average molecular weight is 253 g/mol. The van der Waals surface area contributed by atoms with Crippen LogP contribution in [-0.2, 0) is 4.79 Å². The normalized spacial score (nSPS) is 18.6. The third-order valence-corrected chi connectivity index (χ3v) is 3.15. The summed E-state index contributed by atoms with van der Waals surface area (Å²) in [5.41, 5.74) is 1.66. The zero-order valence-corrected chi connectivity index (χ0v) is 10.1. The second-order valence-corrected chi connectivity index (χ2v) is 4.36. The molecular formula is C14H11N3O2. The highest BCUT2D eigenvalue weighted by molar-refractivity contribution is 5.96. The number of amides is 1. The van der Waals surface area contributed by atoms with E-state index in [1.54, 1.807) is 4.90 Å². The summed E-state index contributed by atoms with van der Waals surface area (Å²) in [6.45, 7) is 0.579. The number of carbonyl (C=O) groups is 1. The van der Waals surface area contributed by atoms with Gasteiger partial charge in [0.25, 0.3) is 0 Å². The van der Waals surface area contributed by atoms with Gasteiger partial charge in [0.1, 0.15) is 0 Å². The number of rotatable bonds is 2. The molecule has 19 heavy (non-hydrogen) atoms. The van der Waals surface area contributed by atoms with Gasteiger partial charge in [-0.2, -0.15) is 0 Å². The van der Waals surface area contributed by atoms with Gasteiger partial charge in [-0.3, -0.25) is 4.79 Å². The summed E-state index contributed by atoms with van der Waals surface area (Å²) in [5.74, 6) is 3.16. The zero-order valence-electron chi connectivity index (χ0n) is 10.1. The monoisotopic (exact) mass is 253 g/mol. The molecule has 1 aromatic carbocycles. The number of hydrogen-bond acceptors (Lipinski definition) is 4. The molecule has 0 spiro atoms. The van der Waals surface area contributed by atoms with Crippen LogP contribution in [0.4, 0.5) is 5.69 Å². The van der Waals surface area contributed by atoms with E-state index in [9.17, 15) is 4.79 Å². The van der Waals surface area contributed by atoms with Gasteiger partial charge < -0.3 is 9.32 Å². The third-order valence-electron chi connectivity index (χ3n) is 3.15. The highest BCUT2D eigenvalue weighted by atomic mass is 16.4. The summed E-state index contributed by atoms with van der Waals surface area (Å²) in [6, 6.07) is 7.41. The summed E-state index contributed by atoms with van der Waals surface area (Å²) in [5, 5.41) is 7.46. The number of terminal acetylenes is 1. The topological polar surface area (TPSA) is 59.2 Å². The largest absolute Gasteiger partial charge is 0.423 e. The number of carbonyl (C=O) groups excluding carboxylic acids is 1. The van der Waals surface area contributed by atoms with Gasteiger partial charge >= 0.3 is 0 Å². The lowest BCUT2D eigenvalue weighted by Crippen LogP contribution is -2.24. The Labute approximate surface area is 110 Å². The minimum absolute atomic E-state index is 0.00289. The van der Waals surface area contributed by atoms with E-state index in [1.165, 1.54) is 6.39 Å². The summed E-state index contributed by atoms with van der Waals surface area (Å²) in [6.07, 6.45) is 7.07. The smallest absolute Gasteiger partial charge is 0.247 e. The summed E-state index contributed by atoms with van der Waals surface area (Å²) in [4.78, 5) is 13.6. The number of nitrogens with zero attached hydrogens (tertiary/aromatic N) is 3. The molecular weight excluding hydrogens is 242 g/mol. The first-order valence-electron chi connectivity index (χ1n) is 5.91. The van der Waals surface area contributed by atoms with Crippen molar-refractivity contribution in [2.75, 3.05) is 11.4 Å². The Balaban J connectivity index is 1.84. The van der Waals surface area contributed by atoms with Gasteiger partial charge in [-0.15, -0.1) is 22.5 Å². The lowest BCUT2D eigenvalue weighted by molar-refractivity contribution is -0.117. The lowest BCUT2D eigenvalue weighted by atomic mass is 10.1. The Morgan fingerprint density at radius 2 is 2.16 bits per heavy atom. The van der Waals surface area contributed by atoms with Crippen molar-refractivity contribution in [1.82, 2.24) is 10.2 Å². The first-order chi connectivity index (χ1) is 9.28. The molecule has 0 N–H and O–H groups in total. The van der Waals surface area contributed by atoms with Gasteiger partial charge in [-0.25, -0.2) is 0 Å². The van der Waals surface area contributed by atoms with Gasteiger partial charge in [0.05, 0.1) is 0 Å². The molecule has 2 heterocycles. The van der Waals surface area contributed by atoms with Crippen LogP contribution in [0.2, 0.25) is 0 Å². The maximum absolute atomic E-state index is 11.8. The van der Waals surface area contributed by atoms with Crippen LogP contribution in [0.3, 0.4) is 0 Å². The molecule has 94 valence electrons. The molecule has 2 aromatic rings. The summed E-state index contributed by atoms with van der Waals surface area (Å²) in [7, 11) is 0. The Kier molecular flexibility index (Phi) is 2.76. The van der Waals surface area contributed by atoms with Crippen LogP contribution in [-0.4, -0.2) is 22.6 Å². The van der Waals surface area contributed by atoms with Crippen LogP contribution >= 0.6 is 0 Å². The fourth-order valence-electron chi connectivity index (χ4n) is 2.15. The summed E-state index contributed by atoms with van der Waals surface area (Å²) < 4.78 is 5.11. The maximum Gasteiger partial charge on any atom is 0.247 e. The van der Waals surface area contributed by atoms with Crippen LogP contribution in [0, 0.1) is 18.3 Å². The van der Waals surface area contributed by atoms with Crippen molar-refractivity contribution >= 4 is 11.6 Å². The van der Waals surface area contributed by atoms with E-state index in [0.29, 0.717) is 18.9 Å². The molecule has 1 aliphatic heterocycles. The van der Waals surface area contributed by atoms with Crippen molar-refractivity contribution in [3.8, 4) is 23.8 Å². The molecule has 0 saturated carbocycles. The van der Waals surface area contributed by atoms with E-state index in [1.807, 2.05) is 24.3 Å². The van der Waals surface area contributed by atoms with E-state index in [0.717, 1.165) is 11.3 Å². The maximum atomic E-state index is 11.8. The molecule has 1 unspecified atom stereocenters. The van der Waals surface area contributed by atoms with Gasteiger partial charge in [0.15, 0.2) is 0 Å². The molecule has 1 fully saturated rings. The number of benzene rings is 1. The van der Waals surface area contributed by atoms with Crippen molar-refractivity contribution in [3.05, 3.63) is 30.7 Å². The highest BCUT2D eigenvalue weighted by Crippen LogP contribution is 2.26. The molecule has 3 rings (SSSR count). The molecule has 1 aliphatic rings. The van der Waals surface area contributed by atoms with Crippen LogP contribution in [0.1, 0.15) is 6.42 Å². The number of anilines is 1. The fourth-order valence-corrected chi connectivity index (χ4v) is 2.15. The van der Waals surface area contributed by atoms with Crippen molar-refractivity contribution in [2.45, 2.75) is 6.42 Å². The minimum Gasteiger partial charge on any atom is -0.423 e. The second kappa shape index (κ2) is 4.58. The Morgan fingerprint density at radius 1 is 1.37 bits per heavy atom. The summed E-state index contributed by atoms with van der Waals surface area (Å²) >= 11 is 0. The van der Waals surface area contributed by atoms with Crippen LogP contribution in [0.5, 0.6) is 0 Å². The number of hydrogen-bond donors (Lipinski definition) is 0. The van der Waals surface area contributed by atoms with Crippen LogP contribution in [0.25, 0.3) is 11.5 Å². The number of aromatic nitrogens is 2. The Morgan fingerprint density at radius 3 is 2.74 bits per heavy atom. The van der Waals surface area contributed by atoms with Crippen LogP contribution in [0.15, 0.2) is 35.1 Å². The van der Waals surface area contributed by atoms with Gasteiger partial charge in [0, 0.05) is 30.1 Å². The predicted molar refractivity (Wildman–Crippen MR) is 69.0 cm³/mol. The van der Waals surface area contributed by atoms with Gasteiger partial charge in [-0.05, 0) is 24.3 Å². The van der Waals surface area contributed by atoms with Gasteiger partial charge in [0.2, 0.25) is 18.2 Å². The van der Waals surface area contributed by atoms with E-state index in [-0.39, 0.29) is 11.8 Å². The molecule has 0 aliphatic carbocycles. The zero-order chi connectivity index (χ0) is 13.2. The molecule has 5 nitrogen and oxygen atoms in total. The SMILES string of the molecule is C#CC1CC(=O)N(c2ccc(-c3nnco3)cc2)C1. The fraction of sp³-hybridized carbons (Fsp3) is 0.214. The van der Waals surface area contributed by atoms with Crippen molar-refractivity contribution in [2.24, 2.45) is 5.92 Å². The Bertz CT molecular complexity index is 626. The predicted octanol–water partition coefficient (Wildman–Crippen LogP) is 1.72. The first-order valence-corrected chi connectivity index (χ1v) is 5.91. The first kappa shape index (κ1) is 11.5. The van der Waals surface area contributed by atoms with E-state index < -0.39 is 0 Å². The van der Waals surface area contributed by atoms with Crippen molar-refractivity contribution < 1.29 is 9.21 Å². The van der Waals surface area contributed by atoms with E-state index in [2.05, 4.69) is 16.1 Å². The van der Waals surface area contributed by atoms with Gasteiger partial charge in [-0.1, -0.05) is 0 Å². The second-order valence-electron chi connectivity index (χ2n) is 4.36. The Hall–Kier alpha value is -2.61. The van der Waals surface area contributed by atoms with E-state index in [4.69, 9.17) is 10.8 Å².